The zero-order chi connectivity index (χ0) is 7.56. The van der Waals surface area contributed by atoms with E-state index < -0.39 is 6.23 Å². The summed E-state index contributed by atoms with van der Waals surface area (Å²) in [5.74, 6) is 1.37. The van der Waals surface area contributed by atoms with Crippen molar-refractivity contribution in [1.82, 2.24) is 5.32 Å². The lowest BCUT2D eigenvalue weighted by Crippen LogP contribution is -2.14. The average Bonchev–Trinajstić information content (AvgIpc) is 2.34. The summed E-state index contributed by atoms with van der Waals surface area (Å²) >= 11 is 0. The van der Waals surface area contributed by atoms with Gasteiger partial charge in [0.25, 0.3) is 0 Å². The lowest BCUT2D eigenvalue weighted by atomic mass is 10.4. The van der Waals surface area contributed by atoms with Crippen molar-refractivity contribution >= 4 is 0 Å². The van der Waals surface area contributed by atoms with Gasteiger partial charge in [0.05, 0.1) is 0 Å². The maximum atomic E-state index is 9.14. The average molecular weight is 141 g/mol. The fourth-order valence-corrected chi connectivity index (χ4v) is 0.743. The molecule has 0 radical (unpaired) electrons. The summed E-state index contributed by atoms with van der Waals surface area (Å²) in [6, 6.07) is 3.56. The molecule has 1 atom stereocenters. The van der Waals surface area contributed by atoms with Crippen molar-refractivity contribution < 1.29 is 9.52 Å². The van der Waals surface area contributed by atoms with Gasteiger partial charge in [-0.25, -0.2) is 0 Å². The Morgan fingerprint density at radius 2 is 2.30 bits per heavy atom. The molecule has 0 aliphatic heterocycles. The smallest absolute Gasteiger partial charge is 0.163 e. The van der Waals surface area contributed by atoms with Gasteiger partial charge in [-0.05, 0) is 26.1 Å². The van der Waals surface area contributed by atoms with Crippen molar-refractivity contribution in [3.8, 4) is 0 Å². The third kappa shape index (κ3) is 1.37. The van der Waals surface area contributed by atoms with E-state index in [1.165, 1.54) is 0 Å². The van der Waals surface area contributed by atoms with Crippen LogP contribution in [0.15, 0.2) is 16.5 Å². The van der Waals surface area contributed by atoms with Crippen molar-refractivity contribution in [3.63, 3.8) is 0 Å². The van der Waals surface area contributed by atoms with E-state index in [9.17, 15) is 0 Å². The third-order valence-corrected chi connectivity index (χ3v) is 1.30. The molecule has 1 aromatic heterocycles. The van der Waals surface area contributed by atoms with Crippen LogP contribution in [0.2, 0.25) is 0 Å². The van der Waals surface area contributed by atoms with Crippen molar-refractivity contribution in [2.24, 2.45) is 0 Å². The predicted octanol–water partition coefficient (Wildman–Crippen LogP) is 0.798. The predicted molar refractivity (Wildman–Crippen MR) is 37.5 cm³/mol. The van der Waals surface area contributed by atoms with Gasteiger partial charge in [-0.2, -0.15) is 0 Å². The number of aliphatic hydroxyl groups is 1. The molecule has 1 rings (SSSR count). The molecule has 0 aromatic carbocycles. The SMILES string of the molecule is CNC(O)c1ccc(C)o1. The van der Waals surface area contributed by atoms with Gasteiger partial charge in [-0.15, -0.1) is 0 Å². The van der Waals surface area contributed by atoms with E-state index in [0.717, 1.165) is 5.76 Å². The number of furan rings is 1. The van der Waals surface area contributed by atoms with E-state index in [-0.39, 0.29) is 0 Å². The molecule has 0 saturated carbocycles. The fraction of sp³-hybridized carbons (Fsp3) is 0.429. The summed E-state index contributed by atoms with van der Waals surface area (Å²) in [5, 5.41) is 11.8. The zero-order valence-corrected chi connectivity index (χ0v) is 6.09. The van der Waals surface area contributed by atoms with E-state index in [1.54, 1.807) is 13.1 Å². The highest BCUT2D eigenvalue weighted by atomic mass is 16.4. The quantitative estimate of drug-likeness (QED) is 0.599. The Labute approximate surface area is 59.7 Å². The summed E-state index contributed by atoms with van der Waals surface area (Å²) in [6.45, 7) is 1.84. The molecule has 3 heteroatoms. The highest BCUT2D eigenvalue weighted by Gasteiger charge is 2.06. The van der Waals surface area contributed by atoms with Gasteiger partial charge in [-0.1, -0.05) is 0 Å². The highest BCUT2D eigenvalue weighted by molar-refractivity contribution is 5.07. The molecule has 0 amide bonds. The molecule has 0 saturated heterocycles. The lowest BCUT2D eigenvalue weighted by Gasteiger charge is -2.03. The standard InChI is InChI=1S/C7H11NO2/c1-5-3-4-6(10-5)7(9)8-2/h3-4,7-9H,1-2H3. The van der Waals surface area contributed by atoms with E-state index >= 15 is 0 Å². The van der Waals surface area contributed by atoms with Gasteiger partial charge >= 0.3 is 0 Å². The maximum Gasteiger partial charge on any atom is 0.163 e. The van der Waals surface area contributed by atoms with Crippen LogP contribution in [0.4, 0.5) is 0 Å². The first-order chi connectivity index (χ1) is 4.74. The van der Waals surface area contributed by atoms with Crippen molar-refractivity contribution in [1.29, 1.82) is 0 Å². The molecule has 0 spiro atoms. The van der Waals surface area contributed by atoms with Gasteiger partial charge in [0.2, 0.25) is 0 Å². The molecule has 1 aromatic rings. The van der Waals surface area contributed by atoms with E-state index in [0.29, 0.717) is 5.76 Å². The molecule has 56 valence electrons. The molecule has 0 aliphatic carbocycles. The normalized spacial score (nSPS) is 13.5. The topological polar surface area (TPSA) is 45.4 Å². The van der Waals surface area contributed by atoms with Gasteiger partial charge in [0.1, 0.15) is 11.5 Å². The van der Waals surface area contributed by atoms with Gasteiger partial charge < -0.3 is 9.52 Å². The Bertz CT molecular complexity index is 207. The number of nitrogens with one attached hydrogen (secondary N) is 1. The lowest BCUT2D eigenvalue weighted by molar-refractivity contribution is 0.122. The summed E-state index contributed by atoms with van der Waals surface area (Å²) < 4.78 is 5.12. The van der Waals surface area contributed by atoms with Crippen LogP contribution in [-0.2, 0) is 0 Å². The minimum Gasteiger partial charge on any atom is -0.462 e. The minimum absolute atomic E-state index is 0.556. The molecule has 0 aliphatic rings. The van der Waals surface area contributed by atoms with Crippen molar-refractivity contribution in [3.05, 3.63) is 23.7 Å². The summed E-state index contributed by atoms with van der Waals surface area (Å²) in [7, 11) is 1.67. The van der Waals surface area contributed by atoms with Crippen LogP contribution in [0.5, 0.6) is 0 Å². The largest absolute Gasteiger partial charge is 0.462 e. The fourth-order valence-electron chi connectivity index (χ4n) is 0.743. The number of rotatable bonds is 2. The Morgan fingerprint density at radius 1 is 1.60 bits per heavy atom. The highest BCUT2D eigenvalue weighted by Crippen LogP contribution is 2.12. The van der Waals surface area contributed by atoms with E-state index in [4.69, 9.17) is 9.52 Å². The second-order valence-corrected chi connectivity index (χ2v) is 2.14. The van der Waals surface area contributed by atoms with Crippen LogP contribution in [0.1, 0.15) is 17.7 Å². The summed E-state index contributed by atoms with van der Waals surface area (Å²) in [5.41, 5.74) is 0. The second-order valence-electron chi connectivity index (χ2n) is 2.14. The molecule has 1 heterocycles. The number of aliphatic hydroxyl groups excluding tert-OH is 1. The first-order valence-electron chi connectivity index (χ1n) is 3.15. The molecule has 3 nitrogen and oxygen atoms in total. The molecule has 1 unspecified atom stereocenters. The van der Waals surface area contributed by atoms with Crippen LogP contribution in [0.3, 0.4) is 0 Å². The Kier molecular flexibility index (Phi) is 2.09. The van der Waals surface area contributed by atoms with Crippen LogP contribution in [0.25, 0.3) is 0 Å². The van der Waals surface area contributed by atoms with Gasteiger partial charge in [0.15, 0.2) is 6.23 Å². The molecule has 10 heavy (non-hydrogen) atoms. The minimum atomic E-state index is -0.686. The first kappa shape index (κ1) is 7.31. The third-order valence-electron chi connectivity index (χ3n) is 1.30. The van der Waals surface area contributed by atoms with Crippen molar-refractivity contribution in [2.45, 2.75) is 13.2 Å². The van der Waals surface area contributed by atoms with Crippen LogP contribution >= 0.6 is 0 Å². The van der Waals surface area contributed by atoms with Crippen molar-refractivity contribution in [2.75, 3.05) is 7.05 Å². The van der Waals surface area contributed by atoms with E-state index in [1.807, 2.05) is 13.0 Å². The number of aryl methyl sites for hydroxylation is 1. The Hall–Kier alpha value is -0.800. The van der Waals surface area contributed by atoms with Crippen LogP contribution in [-0.4, -0.2) is 12.2 Å². The van der Waals surface area contributed by atoms with Crippen LogP contribution < -0.4 is 5.32 Å². The van der Waals surface area contributed by atoms with Gasteiger partial charge in [-0.3, -0.25) is 5.32 Å². The maximum absolute atomic E-state index is 9.14. The number of hydrogen-bond acceptors (Lipinski definition) is 3. The summed E-state index contributed by atoms with van der Waals surface area (Å²) in [6.07, 6.45) is -0.686. The summed E-state index contributed by atoms with van der Waals surface area (Å²) in [4.78, 5) is 0. The molecule has 0 fully saturated rings. The van der Waals surface area contributed by atoms with E-state index in [2.05, 4.69) is 5.32 Å². The van der Waals surface area contributed by atoms with Crippen LogP contribution in [0, 0.1) is 6.92 Å². The molecular weight excluding hydrogens is 130 g/mol. The zero-order valence-electron chi connectivity index (χ0n) is 6.09. The molecule has 0 bridgehead atoms. The van der Waals surface area contributed by atoms with Gasteiger partial charge in [0, 0.05) is 0 Å². The monoisotopic (exact) mass is 141 g/mol. The molecule has 2 N–H and O–H groups in total. The number of hydrogen-bond donors (Lipinski definition) is 2. The Morgan fingerprint density at radius 3 is 2.70 bits per heavy atom. The molecular formula is C7H11NO2. The Balaban J connectivity index is 2.74. The second kappa shape index (κ2) is 2.86. The first-order valence-corrected chi connectivity index (χ1v) is 3.15.